The Hall–Kier alpha value is -2.44. The normalized spacial score (nSPS) is 15.4. The first kappa shape index (κ1) is 19.3. The molecule has 6 nitrogen and oxygen atoms in total. The van der Waals surface area contributed by atoms with Gasteiger partial charge in [0.2, 0.25) is 0 Å². The highest BCUT2D eigenvalue weighted by molar-refractivity contribution is 6.32. The molecule has 142 valence electrons. The van der Waals surface area contributed by atoms with E-state index in [1.165, 1.54) is 23.8 Å². The molecule has 0 atom stereocenters. The topological polar surface area (TPSA) is 75.5 Å². The Bertz CT molecular complexity index is 805. The number of piperidine rings is 1. The fourth-order valence-electron chi connectivity index (χ4n) is 3.32. The molecule has 0 radical (unpaired) electrons. The van der Waals surface area contributed by atoms with Crippen molar-refractivity contribution >= 4 is 23.2 Å². The molecule has 1 fully saturated rings. The van der Waals surface area contributed by atoms with E-state index in [4.69, 9.17) is 11.6 Å². The van der Waals surface area contributed by atoms with Gasteiger partial charge in [-0.2, -0.15) is 0 Å². The number of hydrogen-bond donors (Lipinski definition) is 1. The molecule has 0 bridgehead atoms. The summed E-state index contributed by atoms with van der Waals surface area (Å²) in [6.07, 6.45) is 2.04. The van der Waals surface area contributed by atoms with Crippen LogP contribution in [-0.2, 0) is 6.54 Å². The van der Waals surface area contributed by atoms with Crippen LogP contribution in [0.5, 0.6) is 0 Å². The van der Waals surface area contributed by atoms with Crippen LogP contribution in [-0.4, -0.2) is 35.4 Å². The van der Waals surface area contributed by atoms with Gasteiger partial charge in [-0.15, -0.1) is 0 Å². The largest absolute Gasteiger partial charge is 0.352 e. The second kappa shape index (κ2) is 8.97. The molecular formula is C20H22ClN3O3. The molecule has 3 rings (SSSR count). The number of nitrogens with zero attached hydrogens (tertiary/aromatic N) is 2. The maximum Gasteiger partial charge on any atom is 0.288 e. The molecule has 1 amide bonds. The quantitative estimate of drug-likeness (QED) is 0.602. The van der Waals surface area contributed by atoms with Crippen LogP contribution in [0.15, 0.2) is 48.5 Å². The van der Waals surface area contributed by atoms with Crippen molar-refractivity contribution in [3.63, 3.8) is 0 Å². The minimum absolute atomic E-state index is 0.0299. The van der Waals surface area contributed by atoms with Gasteiger partial charge < -0.3 is 5.32 Å². The predicted octanol–water partition coefficient (Wildman–Crippen LogP) is 3.89. The lowest BCUT2D eigenvalue weighted by Gasteiger charge is -2.32. The van der Waals surface area contributed by atoms with Gasteiger partial charge in [0, 0.05) is 24.7 Å². The lowest BCUT2D eigenvalue weighted by Crippen LogP contribution is -2.38. The van der Waals surface area contributed by atoms with Crippen LogP contribution < -0.4 is 5.32 Å². The first-order valence-electron chi connectivity index (χ1n) is 9.01. The highest BCUT2D eigenvalue weighted by atomic mass is 35.5. The van der Waals surface area contributed by atoms with Crippen LogP contribution in [0.4, 0.5) is 5.69 Å². The summed E-state index contributed by atoms with van der Waals surface area (Å²) >= 11 is 5.79. The van der Waals surface area contributed by atoms with Gasteiger partial charge in [0.1, 0.15) is 5.02 Å². The average molecular weight is 388 g/mol. The van der Waals surface area contributed by atoms with Gasteiger partial charge >= 0.3 is 0 Å². The third kappa shape index (κ3) is 5.28. The Morgan fingerprint density at radius 3 is 2.56 bits per heavy atom. The van der Waals surface area contributed by atoms with Gasteiger partial charge in [0.25, 0.3) is 11.6 Å². The summed E-state index contributed by atoms with van der Waals surface area (Å²) in [6.45, 7) is 3.53. The lowest BCUT2D eigenvalue weighted by atomic mass is 9.96. The molecular weight excluding hydrogens is 366 g/mol. The first-order chi connectivity index (χ1) is 13.0. The fourth-order valence-corrected chi connectivity index (χ4v) is 3.51. The Labute approximate surface area is 163 Å². The fraction of sp³-hybridized carbons (Fsp3) is 0.350. The number of nitrogens with one attached hydrogen (secondary N) is 1. The summed E-state index contributed by atoms with van der Waals surface area (Å²) in [4.78, 5) is 25.1. The van der Waals surface area contributed by atoms with E-state index >= 15 is 0 Å². The molecule has 2 aromatic carbocycles. The highest BCUT2D eigenvalue weighted by Gasteiger charge is 2.21. The van der Waals surface area contributed by atoms with Crippen molar-refractivity contribution in [1.82, 2.24) is 10.2 Å². The Balaban J connectivity index is 1.46. The van der Waals surface area contributed by atoms with E-state index in [1.807, 2.05) is 6.07 Å². The van der Waals surface area contributed by atoms with Gasteiger partial charge in [-0.25, -0.2) is 0 Å². The summed E-state index contributed by atoms with van der Waals surface area (Å²) in [5, 5.41) is 13.9. The molecule has 1 aliphatic rings. The zero-order chi connectivity index (χ0) is 19.2. The number of hydrogen-bond acceptors (Lipinski definition) is 4. The van der Waals surface area contributed by atoms with E-state index < -0.39 is 4.92 Å². The van der Waals surface area contributed by atoms with Gasteiger partial charge in [-0.05, 0) is 49.5 Å². The molecule has 1 N–H and O–H groups in total. The number of benzene rings is 2. The molecule has 1 heterocycles. The lowest BCUT2D eigenvalue weighted by molar-refractivity contribution is -0.384. The number of nitro groups is 1. The van der Waals surface area contributed by atoms with E-state index in [-0.39, 0.29) is 22.2 Å². The van der Waals surface area contributed by atoms with Crippen molar-refractivity contribution in [2.75, 3.05) is 19.6 Å². The number of halogens is 1. The maximum atomic E-state index is 12.3. The summed E-state index contributed by atoms with van der Waals surface area (Å²) in [5.41, 5.74) is 1.32. The number of rotatable bonds is 6. The Morgan fingerprint density at radius 1 is 1.19 bits per heavy atom. The third-order valence-electron chi connectivity index (χ3n) is 4.91. The number of carbonyl (C=O) groups is 1. The Morgan fingerprint density at radius 2 is 1.89 bits per heavy atom. The number of carbonyl (C=O) groups excluding carboxylic acids is 1. The van der Waals surface area contributed by atoms with Crippen molar-refractivity contribution in [2.45, 2.75) is 19.4 Å². The summed E-state index contributed by atoms with van der Waals surface area (Å²) in [5.74, 6) is 0.116. The van der Waals surface area contributed by atoms with Gasteiger partial charge in [-0.3, -0.25) is 19.8 Å². The molecule has 1 saturated heterocycles. The van der Waals surface area contributed by atoms with Gasteiger partial charge in [0.05, 0.1) is 4.92 Å². The van der Waals surface area contributed by atoms with E-state index in [9.17, 15) is 14.9 Å². The van der Waals surface area contributed by atoms with Crippen molar-refractivity contribution in [1.29, 1.82) is 0 Å². The van der Waals surface area contributed by atoms with Crippen LogP contribution in [0.25, 0.3) is 0 Å². The molecule has 0 spiro atoms. The molecule has 0 aliphatic carbocycles. The molecule has 0 saturated carbocycles. The van der Waals surface area contributed by atoms with Gasteiger partial charge in [-0.1, -0.05) is 41.9 Å². The predicted molar refractivity (Wildman–Crippen MR) is 105 cm³/mol. The minimum Gasteiger partial charge on any atom is -0.352 e. The van der Waals surface area contributed by atoms with Crippen molar-refractivity contribution in [3.05, 3.63) is 74.8 Å². The summed E-state index contributed by atoms with van der Waals surface area (Å²) < 4.78 is 0. The van der Waals surface area contributed by atoms with Crippen LogP contribution in [0, 0.1) is 16.0 Å². The zero-order valence-electron chi connectivity index (χ0n) is 14.9. The number of nitro benzene ring substituents is 1. The van der Waals surface area contributed by atoms with Gasteiger partial charge in [0.15, 0.2) is 0 Å². The van der Waals surface area contributed by atoms with Crippen molar-refractivity contribution < 1.29 is 9.72 Å². The van der Waals surface area contributed by atoms with Crippen LogP contribution >= 0.6 is 11.6 Å². The number of likely N-dealkylation sites (tertiary alicyclic amines) is 1. The number of amides is 1. The molecule has 0 unspecified atom stereocenters. The highest BCUT2D eigenvalue weighted by Crippen LogP contribution is 2.25. The monoisotopic (exact) mass is 387 g/mol. The van der Waals surface area contributed by atoms with E-state index in [1.54, 1.807) is 0 Å². The second-order valence-corrected chi connectivity index (χ2v) is 7.25. The summed E-state index contributed by atoms with van der Waals surface area (Å²) in [6, 6.07) is 14.5. The third-order valence-corrected chi connectivity index (χ3v) is 5.23. The first-order valence-corrected chi connectivity index (χ1v) is 9.39. The van der Waals surface area contributed by atoms with Crippen molar-refractivity contribution in [2.24, 2.45) is 5.92 Å². The van der Waals surface area contributed by atoms with E-state index in [0.717, 1.165) is 32.5 Å². The standard InChI is InChI=1S/C20H22ClN3O3/c21-18-7-6-17(12-19(18)24(26)27)20(25)22-13-15-8-10-23(11-9-15)14-16-4-2-1-3-5-16/h1-7,12,15H,8-11,13-14H2,(H,22,25). The zero-order valence-corrected chi connectivity index (χ0v) is 15.7. The van der Waals surface area contributed by atoms with E-state index in [0.29, 0.717) is 12.5 Å². The minimum atomic E-state index is -0.582. The molecule has 2 aromatic rings. The Kier molecular flexibility index (Phi) is 6.42. The van der Waals surface area contributed by atoms with Crippen molar-refractivity contribution in [3.8, 4) is 0 Å². The maximum absolute atomic E-state index is 12.3. The van der Waals surface area contributed by atoms with Crippen LogP contribution in [0.1, 0.15) is 28.8 Å². The van der Waals surface area contributed by atoms with E-state index in [2.05, 4.69) is 34.5 Å². The molecule has 0 aromatic heterocycles. The molecule has 1 aliphatic heterocycles. The average Bonchev–Trinajstić information content (AvgIpc) is 2.68. The second-order valence-electron chi connectivity index (χ2n) is 6.84. The molecule has 27 heavy (non-hydrogen) atoms. The summed E-state index contributed by atoms with van der Waals surface area (Å²) in [7, 11) is 0. The molecule has 7 heteroatoms. The van der Waals surface area contributed by atoms with Crippen LogP contribution in [0.2, 0.25) is 5.02 Å². The smallest absolute Gasteiger partial charge is 0.288 e. The SMILES string of the molecule is O=C(NCC1CCN(Cc2ccccc2)CC1)c1ccc(Cl)c([N+](=O)[O-])c1. The van der Waals surface area contributed by atoms with Crippen LogP contribution in [0.3, 0.4) is 0 Å².